The molecule has 1 aromatic heterocycles. The van der Waals surface area contributed by atoms with Crippen molar-refractivity contribution in [1.29, 1.82) is 0 Å². The first-order chi connectivity index (χ1) is 8.69. The summed E-state index contributed by atoms with van der Waals surface area (Å²) in [6.45, 7) is 3.95. The molecule has 4 nitrogen and oxygen atoms in total. The summed E-state index contributed by atoms with van der Waals surface area (Å²) in [5.74, 6) is 5.99. The average Bonchev–Trinajstić information content (AvgIpc) is 2.69. The van der Waals surface area contributed by atoms with Gasteiger partial charge in [0.15, 0.2) is 11.5 Å². The van der Waals surface area contributed by atoms with Crippen molar-refractivity contribution in [3.05, 3.63) is 29.7 Å². The standard InChI is InChI=1S/C14H13NO3/c1-3-17-14(16)6-4-5-11-7-8-12-13(9-11)18-10(2)15-12/h7-9H,3,6H2,1-2H3. The summed E-state index contributed by atoms with van der Waals surface area (Å²) in [6.07, 6.45) is 0.0985. The maximum Gasteiger partial charge on any atom is 0.317 e. The van der Waals surface area contributed by atoms with E-state index < -0.39 is 0 Å². The largest absolute Gasteiger partial charge is 0.465 e. The summed E-state index contributed by atoms with van der Waals surface area (Å²) in [5.41, 5.74) is 2.31. The molecule has 0 saturated heterocycles. The number of aromatic nitrogens is 1. The normalized spacial score (nSPS) is 9.89. The number of carbonyl (C=O) groups excluding carboxylic acids is 1. The van der Waals surface area contributed by atoms with Crippen molar-refractivity contribution >= 4 is 17.1 Å². The molecule has 0 radical (unpaired) electrons. The van der Waals surface area contributed by atoms with Gasteiger partial charge in [-0.05, 0) is 25.1 Å². The molecule has 2 rings (SSSR count). The first-order valence-electron chi connectivity index (χ1n) is 5.70. The Hall–Kier alpha value is -2.28. The zero-order valence-electron chi connectivity index (χ0n) is 10.3. The van der Waals surface area contributed by atoms with E-state index in [0.717, 1.165) is 11.1 Å². The topological polar surface area (TPSA) is 52.3 Å². The van der Waals surface area contributed by atoms with Gasteiger partial charge in [0, 0.05) is 12.5 Å². The molecule has 0 aliphatic heterocycles. The maximum atomic E-state index is 11.1. The van der Waals surface area contributed by atoms with Crippen molar-refractivity contribution in [3.8, 4) is 11.8 Å². The molecule has 0 spiro atoms. The van der Waals surface area contributed by atoms with Crippen LogP contribution in [0.4, 0.5) is 0 Å². The highest BCUT2D eigenvalue weighted by Gasteiger charge is 2.01. The van der Waals surface area contributed by atoms with Gasteiger partial charge in [-0.3, -0.25) is 4.79 Å². The summed E-state index contributed by atoms with van der Waals surface area (Å²) in [5, 5.41) is 0. The van der Waals surface area contributed by atoms with Crippen molar-refractivity contribution in [1.82, 2.24) is 4.98 Å². The van der Waals surface area contributed by atoms with Crippen LogP contribution in [0.15, 0.2) is 22.6 Å². The molecule has 18 heavy (non-hydrogen) atoms. The van der Waals surface area contributed by atoms with E-state index in [0.29, 0.717) is 18.1 Å². The Morgan fingerprint density at radius 3 is 3.11 bits per heavy atom. The number of hydrogen-bond acceptors (Lipinski definition) is 4. The third-order valence-corrected chi connectivity index (χ3v) is 2.27. The monoisotopic (exact) mass is 243 g/mol. The van der Waals surface area contributed by atoms with Gasteiger partial charge in [0.25, 0.3) is 0 Å². The Morgan fingerprint density at radius 2 is 2.33 bits per heavy atom. The molecular formula is C14H13NO3. The van der Waals surface area contributed by atoms with E-state index in [-0.39, 0.29) is 12.4 Å². The molecule has 0 N–H and O–H groups in total. The summed E-state index contributed by atoms with van der Waals surface area (Å²) < 4.78 is 10.2. The Balaban J connectivity index is 2.12. The van der Waals surface area contributed by atoms with E-state index in [9.17, 15) is 4.79 Å². The fourth-order valence-electron chi connectivity index (χ4n) is 1.55. The number of ether oxygens (including phenoxy) is 1. The number of nitrogens with zero attached hydrogens (tertiary/aromatic N) is 1. The molecule has 2 aromatic rings. The molecule has 0 aliphatic carbocycles. The minimum atomic E-state index is -0.304. The molecule has 0 bridgehead atoms. The lowest BCUT2D eigenvalue weighted by molar-refractivity contribution is -0.141. The first kappa shape index (κ1) is 12.2. The van der Waals surface area contributed by atoms with Crippen LogP contribution in [0.1, 0.15) is 24.8 Å². The molecular weight excluding hydrogens is 230 g/mol. The molecule has 1 aromatic carbocycles. The number of esters is 1. The van der Waals surface area contributed by atoms with E-state index in [4.69, 9.17) is 9.15 Å². The zero-order valence-corrected chi connectivity index (χ0v) is 10.3. The second-order valence-corrected chi connectivity index (χ2v) is 3.70. The maximum absolute atomic E-state index is 11.1. The lowest BCUT2D eigenvalue weighted by atomic mass is 10.2. The second-order valence-electron chi connectivity index (χ2n) is 3.70. The van der Waals surface area contributed by atoms with E-state index in [1.54, 1.807) is 13.8 Å². The third-order valence-electron chi connectivity index (χ3n) is 2.27. The van der Waals surface area contributed by atoms with Crippen molar-refractivity contribution in [2.45, 2.75) is 20.3 Å². The van der Waals surface area contributed by atoms with Crippen LogP contribution < -0.4 is 0 Å². The van der Waals surface area contributed by atoms with Crippen LogP contribution in [0.25, 0.3) is 11.1 Å². The fraction of sp³-hybridized carbons (Fsp3) is 0.286. The molecule has 0 fully saturated rings. The average molecular weight is 243 g/mol. The van der Waals surface area contributed by atoms with Gasteiger partial charge in [-0.25, -0.2) is 4.98 Å². The van der Waals surface area contributed by atoms with Crippen LogP contribution in [-0.4, -0.2) is 17.6 Å². The third kappa shape index (κ3) is 2.89. The van der Waals surface area contributed by atoms with Gasteiger partial charge in [0.05, 0.1) is 6.61 Å². The molecule has 0 amide bonds. The minimum Gasteiger partial charge on any atom is -0.465 e. The number of rotatable bonds is 2. The predicted octanol–water partition coefficient (Wildman–Crippen LogP) is 2.44. The molecule has 0 saturated carbocycles. The molecule has 1 heterocycles. The Bertz CT molecular complexity index is 631. The van der Waals surface area contributed by atoms with Crippen LogP contribution in [0.2, 0.25) is 0 Å². The lowest BCUT2D eigenvalue weighted by Gasteiger charge is -1.94. The van der Waals surface area contributed by atoms with Crippen LogP contribution in [0.5, 0.6) is 0 Å². The molecule has 92 valence electrons. The minimum absolute atomic E-state index is 0.0985. The number of aryl methyl sites for hydroxylation is 1. The van der Waals surface area contributed by atoms with Crippen LogP contribution in [0, 0.1) is 18.8 Å². The first-order valence-corrected chi connectivity index (χ1v) is 5.70. The molecule has 0 aliphatic rings. The number of benzene rings is 1. The Kier molecular flexibility index (Phi) is 3.63. The highest BCUT2D eigenvalue weighted by molar-refractivity contribution is 5.75. The highest BCUT2D eigenvalue weighted by Crippen LogP contribution is 2.16. The Labute approximate surface area is 105 Å². The molecule has 0 atom stereocenters. The van der Waals surface area contributed by atoms with Gasteiger partial charge in [0.2, 0.25) is 0 Å². The van der Waals surface area contributed by atoms with Crippen LogP contribution in [-0.2, 0) is 9.53 Å². The highest BCUT2D eigenvalue weighted by atomic mass is 16.5. The number of fused-ring (bicyclic) bond motifs is 1. The van der Waals surface area contributed by atoms with Crippen molar-refractivity contribution < 1.29 is 13.9 Å². The van der Waals surface area contributed by atoms with E-state index in [2.05, 4.69) is 16.8 Å². The van der Waals surface area contributed by atoms with E-state index in [1.807, 2.05) is 18.2 Å². The smallest absolute Gasteiger partial charge is 0.317 e. The lowest BCUT2D eigenvalue weighted by Crippen LogP contribution is -2.01. The van der Waals surface area contributed by atoms with Gasteiger partial charge < -0.3 is 9.15 Å². The van der Waals surface area contributed by atoms with Gasteiger partial charge in [0.1, 0.15) is 11.9 Å². The predicted molar refractivity (Wildman–Crippen MR) is 66.9 cm³/mol. The van der Waals surface area contributed by atoms with Crippen LogP contribution >= 0.6 is 0 Å². The van der Waals surface area contributed by atoms with Gasteiger partial charge >= 0.3 is 5.97 Å². The van der Waals surface area contributed by atoms with E-state index in [1.165, 1.54) is 0 Å². The zero-order chi connectivity index (χ0) is 13.0. The number of oxazole rings is 1. The number of carbonyl (C=O) groups is 1. The van der Waals surface area contributed by atoms with Crippen molar-refractivity contribution in [3.63, 3.8) is 0 Å². The van der Waals surface area contributed by atoms with Gasteiger partial charge in [-0.2, -0.15) is 0 Å². The van der Waals surface area contributed by atoms with Crippen molar-refractivity contribution in [2.24, 2.45) is 0 Å². The number of hydrogen-bond donors (Lipinski definition) is 0. The summed E-state index contributed by atoms with van der Waals surface area (Å²) in [7, 11) is 0. The van der Waals surface area contributed by atoms with Crippen LogP contribution in [0.3, 0.4) is 0 Å². The summed E-state index contributed by atoms with van der Waals surface area (Å²) in [4.78, 5) is 15.3. The van der Waals surface area contributed by atoms with Gasteiger partial charge in [-0.1, -0.05) is 11.8 Å². The van der Waals surface area contributed by atoms with E-state index >= 15 is 0 Å². The second kappa shape index (κ2) is 5.37. The SMILES string of the molecule is CCOC(=O)CC#Cc1ccc2nc(C)oc2c1. The quantitative estimate of drug-likeness (QED) is 0.600. The summed E-state index contributed by atoms with van der Waals surface area (Å²) >= 11 is 0. The summed E-state index contributed by atoms with van der Waals surface area (Å²) in [6, 6.07) is 5.51. The van der Waals surface area contributed by atoms with Crippen molar-refractivity contribution in [2.75, 3.05) is 6.61 Å². The molecule has 0 unspecified atom stereocenters. The molecule has 4 heteroatoms. The Morgan fingerprint density at radius 1 is 1.50 bits per heavy atom. The van der Waals surface area contributed by atoms with Gasteiger partial charge in [-0.15, -0.1) is 0 Å². The fourth-order valence-corrected chi connectivity index (χ4v) is 1.55.